The molecule has 1 unspecified atom stereocenters. The van der Waals surface area contributed by atoms with Crippen molar-refractivity contribution in [1.29, 1.82) is 0 Å². The lowest BCUT2D eigenvalue weighted by Crippen LogP contribution is -2.21. The first kappa shape index (κ1) is 16.3. The van der Waals surface area contributed by atoms with Crippen LogP contribution in [-0.2, 0) is 6.42 Å². The molecule has 0 spiro atoms. The quantitative estimate of drug-likeness (QED) is 0.771. The molecule has 112 valence electrons. The number of ether oxygens (including phenoxy) is 1. The van der Waals surface area contributed by atoms with E-state index < -0.39 is 5.82 Å². The maximum atomic E-state index is 13.8. The molecule has 2 nitrogen and oxygen atoms in total. The van der Waals surface area contributed by atoms with Crippen molar-refractivity contribution in [2.45, 2.75) is 25.8 Å². The lowest BCUT2D eigenvalue weighted by Gasteiger charge is -2.16. The van der Waals surface area contributed by atoms with E-state index in [4.69, 9.17) is 22.1 Å². The normalized spacial score (nSPS) is 12.2. The van der Waals surface area contributed by atoms with Crippen LogP contribution in [0.1, 0.15) is 18.9 Å². The minimum atomic E-state index is -0.441. The lowest BCUT2D eigenvalue weighted by molar-refractivity contribution is 0.435. The Morgan fingerprint density at radius 3 is 2.81 bits per heavy atom. The SMILES string of the molecule is CCC(N)Cc1cccc(Cl)c1Oc1cc(Br)ccc1F. The summed E-state index contributed by atoms with van der Waals surface area (Å²) >= 11 is 9.50. The van der Waals surface area contributed by atoms with E-state index in [0.717, 1.165) is 16.5 Å². The zero-order valence-electron chi connectivity index (χ0n) is 11.6. The second-order valence-corrected chi connectivity index (χ2v) is 6.10. The maximum Gasteiger partial charge on any atom is 0.165 e. The summed E-state index contributed by atoms with van der Waals surface area (Å²) in [5.74, 6) is 0.146. The molecule has 0 aliphatic heterocycles. The molecule has 2 aromatic carbocycles. The Labute approximate surface area is 137 Å². The minimum absolute atomic E-state index is 0.0122. The predicted octanol–water partition coefficient (Wildman–Crippen LogP) is 5.31. The molecule has 2 aromatic rings. The summed E-state index contributed by atoms with van der Waals surface area (Å²) in [7, 11) is 0. The standard InChI is InChI=1S/C16H16BrClFNO/c1-2-12(20)8-10-4-3-5-13(18)16(10)21-15-9-11(17)6-7-14(15)19/h3-7,9,12H,2,8,20H2,1H3. The lowest BCUT2D eigenvalue weighted by atomic mass is 10.0. The summed E-state index contributed by atoms with van der Waals surface area (Å²) in [4.78, 5) is 0. The van der Waals surface area contributed by atoms with Crippen molar-refractivity contribution in [2.75, 3.05) is 0 Å². The third-order valence-corrected chi connectivity index (χ3v) is 3.95. The van der Waals surface area contributed by atoms with Crippen LogP contribution in [0.4, 0.5) is 4.39 Å². The number of rotatable bonds is 5. The van der Waals surface area contributed by atoms with Crippen molar-refractivity contribution in [2.24, 2.45) is 5.73 Å². The van der Waals surface area contributed by atoms with Crippen molar-refractivity contribution >= 4 is 27.5 Å². The van der Waals surface area contributed by atoms with Gasteiger partial charge in [0.25, 0.3) is 0 Å². The predicted molar refractivity (Wildman–Crippen MR) is 87.6 cm³/mol. The van der Waals surface area contributed by atoms with E-state index in [0.29, 0.717) is 17.2 Å². The van der Waals surface area contributed by atoms with Crippen molar-refractivity contribution in [3.8, 4) is 11.5 Å². The molecular formula is C16H16BrClFNO. The Morgan fingerprint density at radius 1 is 1.33 bits per heavy atom. The highest BCUT2D eigenvalue weighted by atomic mass is 79.9. The Morgan fingerprint density at radius 2 is 2.10 bits per heavy atom. The summed E-state index contributed by atoms with van der Waals surface area (Å²) in [6.07, 6.45) is 1.47. The second-order valence-electron chi connectivity index (χ2n) is 4.78. The Balaban J connectivity index is 2.36. The highest BCUT2D eigenvalue weighted by Gasteiger charge is 2.14. The van der Waals surface area contributed by atoms with Crippen LogP contribution in [0, 0.1) is 5.82 Å². The van der Waals surface area contributed by atoms with Gasteiger partial charge in [-0.1, -0.05) is 46.6 Å². The van der Waals surface area contributed by atoms with Crippen LogP contribution in [0.5, 0.6) is 11.5 Å². The third kappa shape index (κ3) is 4.19. The zero-order chi connectivity index (χ0) is 15.4. The molecule has 0 aliphatic rings. The molecule has 2 N–H and O–H groups in total. The fourth-order valence-electron chi connectivity index (χ4n) is 1.92. The van der Waals surface area contributed by atoms with Crippen molar-refractivity contribution < 1.29 is 9.13 Å². The molecule has 0 saturated carbocycles. The molecule has 0 aromatic heterocycles. The first-order valence-corrected chi connectivity index (χ1v) is 7.84. The van der Waals surface area contributed by atoms with Gasteiger partial charge in [-0.25, -0.2) is 4.39 Å². The number of benzene rings is 2. The number of hydrogen-bond donors (Lipinski definition) is 1. The van der Waals surface area contributed by atoms with E-state index >= 15 is 0 Å². The van der Waals surface area contributed by atoms with Gasteiger partial charge in [-0.3, -0.25) is 0 Å². The van der Waals surface area contributed by atoms with E-state index in [2.05, 4.69) is 15.9 Å². The van der Waals surface area contributed by atoms with Gasteiger partial charge in [-0.05, 0) is 42.7 Å². The van der Waals surface area contributed by atoms with Crippen LogP contribution in [0.25, 0.3) is 0 Å². The molecule has 0 aliphatic carbocycles. The van der Waals surface area contributed by atoms with Crippen LogP contribution in [0.3, 0.4) is 0 Å². The fraction of sp³-hybridized carbons (Fsp3) is 0.250. The monoisotopic (exact) mass is 371 g/mol. The molecule has 0 saturated heterocycles. The van der Waals surface area contributed by atoms with Crippen LogP contribution in [-0.4, -0.2) is 6.04 Å². The Kier molecular flexibility index (Phi) is 5.62. The summed E-state index contributed by atoms with van der Waals surface area (Å²) in [6, 6.07) is 9.99. The summed E-state index contributed by atoms with van der Waals surface area (Å²) in [6.45, 7) is 2.02. The smallest absolute Gasteiger partial charge is 0.165 e. The van der Waals surface area contributed by atoms with E-state index in [-0.39, 0.29) is 11.8 Å². The number of nitrogens with two attached hydrogens (primary N) is 1. The van der Waals surface area contributed by atoms with Gasteiger partial charge in [0.1, 0.15) is 5.75 Å². The summed E-state index contributed by atoms with van der Waals surface area (Å²) in [5.41, 5.74) is 6.86. The van der Waals surface area contributed by atoms with Gasteiger partial charge in [-0.15, -0.1) is 0 Å². The molecule has 0 amide bonds. The van der Waals surface area contributed by atoms with Crippen LogP contribution in [0.15, 0.2) is 40.9 Å². The number of hydrogen-bond acceptors (Lipinski definition) is 2. The average Bonchev–Trinajstić information content (AvgIpc) is 2.46. The molecule has 0 fully saturated rings. The Hall–Kier alpha value is -1.10. The van der Waals surface area contributed by atoms with Crippen molar-refractivity contribution in [3.63, 3.8) is 0 Å². The van der Waals surface area contributed by atoms with Crippen LogP contribution >= 0.6 is 27.5 Å². The van der Waals surface area contributed by atoms with Gasteiger partial charge in [0.15, 0.2) is 11.6 Å². The van der Waals surface area contributed by atoms with Crippen LogP contribution in [0.2, 0.25) is 5.02 Å². The molecular weight excluding hydrogens is 357 g/mol. The van der Waals surface area contributed by atoms with Gasteiger partial charge in [0.05, 0.1) is 5.02 Å². The molecule has 5 heteroatoms. The number of para-hydroxylation sites is 1. The third-order valence-electron chi connectivity index (χ3n) is 3.16. The topological polar surface area (TPSA) is 35.2 Å². The Bertz CT molecular complexity index is 636. The van der Waals surface area contributed by atoms with Gasteiger partial charge in [0.2, 0.25) is 0 Å². The first-order chi connectivity index (χ1) is 10.0. The minimum Gasteiger partial charge on any atom is -0.452 e. The van der Waals surface area contributed by atoms with E-state index in [1.165, 1.54) is 6.07 Å². The molecule has 21 heavy (non-hydrogen) atoms. The summed E-state index contributed by atoms with van der Waals surface area (Å²) < 4.78 is 20.3. The van der Waals surface area contributed by atoms with Gasteiger partial charge < -0.3 is 10.5 Å². The van der Waals surface area contributed by atoms with E-state index in [1.807, 2.05) is 19.1 Å². The highest BCUT2D eigenvalue weighted by molar-refractivity contribution is 9.10. The highest BCUT2D eigenvalue weighted by Crippen LogP contribution is 2.35. The van der Waals surface area contributed by atoms with Crippen LogP contribution < -0.4 is 10.5 Å². The summed E-state index contributed by atoms with van der Waals surface area (Å²) in [5, 5.41) is 0.440. The van der Waals surface area contributed by atoms with E-state index in [9.17, 15) is 4.39 Å². The molecule has 2 rings (SSSR count). The maximum absolute atomic E-state index is 13.8. The van der Waals surface area contributed by atoms with Gasteiger partial charge >= 0.3 is 0 Å². The molecule has 0 radical (unpaired) electrons. The van der Waals surface area contributed by atoms with Gasteiger partial charge in [0, 0.05) is 10.5 Å². The largest absolute Gasteiger partial charge is 0.452 e. The first-order valence-electron chi connectivity index (χ1n) is 6.67. The second kappa shape index (κ2) is 7.25. The molecule has 1 atom stereocenters. The molecule has 0 bridgehead atoms. The number of halogens is 3. The van der Waals surface area contributed by atoms with E-state index in [1.54, 1.807) is 18.2 Å². The van der Waals surface area contributed by atoms with Crippen molar-refractivity contribution in [3.05, 3.63) is 57.3 Å². The molecule has 0 heterocycles. The zero-order valence-corrected chi connectivity index (χ0v) is 13.9. The fourth-order valence-corrected chi connectivity index (χ4v) is 2.49. The van der Waals surface area contributed by atoms with Gasteiger partial charge in [-0.2, -0.15) is 0 Å². The average molecular weight is 373 g/mol. The van der Waals surface area contributed by atoms with Crippen molar-refractivity contribution in [1.82, 2.24) is 0 Å².